The highest BCUT2D eigenvalue weighted by atomic mass is 32.2. The number of hydrogen-bond acceptors (Lipinski definition) is 6. The number of nitrogens with one attached hydrogen (secondary N) is 1. The monoisotopic (exact) mass is 444 g/mol. The highest BCUT2D eigenvalue weighted by molar-refractivity contribution is 7.89. The third kappa shape index (κ3) is 5.71. The molecular weight excluding hydrogens is 420 g/mol. The van der Waals surface area contributed by atoms with Gasteiger partial charge < -0.3 is 14.5 Å². The number of carbonyl (C=O) groups excluding carboxylic acids is 1. The molecule has 3 aromatic rings. The molecule has 31 heavy (non-hydrogen) atoms. The summed E-state index contributed by atoms with van der Waals surface area (Å²) in [7, 11) is -3.73. The summed E-state index contributed by atoms with van der Waals surface area (Å²) in [4.78, 5) is 24.1. The van der Waals surface area contributed by atoms with Crippen LogP contribution in [0.15, 0.2) is 62.6 Å². The summed E-state index contributed by atoms with van der Waals surface area (Å²) in [5, 5.41) is 8.69. The van der Waals surface area contributed by atoms with Crippen LogP contribution < -0.4 is 20.8 Å². The fourth-order valence-corrected chi connectivity index (χ4v) is 3.67. The second-order valence-corrected chi connectivity index (χ2v) is 8.65. The predicted molar refractivity (Wildman–Crippen MR) is 116 cm³/mol. The zero-order chi connectivity index (χ0) is 22.6. The number of carbonyl (C=O) groups is 1. The number of hydrogen-bond donors (Lipinski definition) is 2. The molecule has 1 heterocycles. The topological polar surface area (TPSA) is 129 Å². The number of ether oxygens (including phenoxy) is 1. The average molecular weight is 445 g/mol. The number of sulfonamides is 1. The van der Waals surface area contributed by atoms with Crippen molar-refractivity contribution < 1.29 is 22.4 Å². The molecule has 2 aromatic carbocycles. The SMILES string of the molecule is CCc1cc(=O)oc2cc(OC(C)C(=O)NCCc3ccc(S(N)(=O)=O)cc3)ccc12. The Hall–Kier alpha value is -3.17. The normalized spacial score (nSPS) is 12.5. The Balaban J connectivity index is 1.57. The maximum absolute atomic E-state index is 12.3. The molecule has 0 aliphatic heterocycles. The number of fused-ring (bicyclic) bond motifs is 1. The van der Waals surface area contributed by atoms with Crippen LogP contribution >= 0.6 is 0 Å². The fourth-order valence-electron chi connectivity index (χ4n) is 3.15. The number of rotatable bonds is 8. The first-order valence-electron chi connectivity index (χ1n) is 9.80. The van der Waals surface area contributed by atoms with E-state index in [0.717, 1.165) is 16.5 Å². The Morgan fingerprint density at radius 2 is 1.87 bits per heavy atom. The molecule has 0 saturated heterocycles. The van der Waals surface area contributed by atoms with Crippen LogP contribution in [0.2, 0.25) is 0 Å². The Labute approximate surface area is 180 Å². The Morgan fingerprint density at radius 1 is 1.16 bits per heavy atom. The molecule has 0 spiro atoms. The maximum atomic E-state index is 12.3. The lowest BCUT2D eigenvalue weighted by atomic mass is 10.1. The van der Waals surface area contributed by atoms with Crippen LogP contribution in [0.1, 0.15) is 25.0 Å². The van der Waals surface area contributed by atoms with Gasteiger partial charge in [-0.05, 0) is 55.2 Å². The first-order valence-corrected chi connectivity index (χ1v) is 11.3. The van der Waals surface area contributed by atoms with E-state index < -0.39 is 21.8 Å². The summed E-state index contributed by atoms with van der Waals surface area (Å²) < 4.78 is 33.5. The number of primary sulfonamides is 1. The van der Waals surface area contributed by atoms with Crippen LogP contribution in [-0.2, 0) is 27.7 Å². The molecular formula is C22H24N2O6S. The van der Waals surface area contributed by atoms with E-state index in [1.54, 1.807) is 31.2 Å². The average Bonchev–Trinajstić information content (AvgIpc) is 2.72. The van der Waals surface area contributed by atoms with E-state index >= 15 is 0 Å². The molecule has 1 unspecified atom stereocenters. The van der Waals surface area contributed by atoms with Crippen molar-refractivity contribution in [2.24, 2.45) is 5.14 Å². The van der Waals surface area contributed by atoms with Crippen LogP contribution in [0, 0.1) is 0 Å². The van der Waals surface area contributed by atoms with Gasteiger partial charge in [-0.2, -0.15) is 0 Å². The van der Waals surface area contributed by atoms with E-state index in [2.05, 4.69) is 5.32 Å². The van der Waals surface area contributed by atoms with Crippen molar-refractivity contribution in [3.63, 3.8) is 0 Å². The zero-order valence-corrected chi connectivity index (χ0v) is 18.1. The minimum atomic E-state index is -3.73. The van der Waals surface area contributed by atoms with Gasteiger partial charge in [-0.15, -0.1) is 0 Å². The van der Waals surface area contributed by atoms with Gasteiger partial charge in [0.2, 0.25) is 10.0 Å². The Kier molecular flexibility index (Phi) is 6.77. The lowest BCUT2D eigenvalue weighted by Gasteiger charge is -2.15. The Morgan fingerprint density at radius 3 is 2.52 bits per heavy atom. The van der Waals surface area contributed by atoms with Crippen molar-refractivity contribution in [2.75, 3.05) is 6.54 Å². The highest BCUT2D eigenvalue weighted by Gasteiger charge is 2.15. The maximum Gasteiger partial charge on any atom is 0.336 e. The molecule has 1 aromatic heterocycles. The van der Waals surface area contributed by atoms with Gasteiger partial charge in [-0.25, -0.2) is 18.4 Å². The standard InChI is InChI=1S/C22H24N2O6S/c1-3-16-12-21(25)30-20-13-17(6-9-19(16)20)29-14(2)22(26)24-11-10-15-4-7-18(8-5-15)31(23,27)28/h4-9,12-14H,3,10-11H2,1-2H3,(H,24,26)(H2,23,27,28). The van der Waals surface area contributed by atoms with E-state index in [9.17, 15) is 18.0 Å². The third-order valence-electron chi connectivity index (χ3n) is 4.83. The molecule has 9 heteroatoms. The summed E-state index contributed by atoms with van der Waals surface area (Å²) in [6.07, 6.45) is 0.458. The molecule has 1 amide bonds. The molecule has 0 fully saturated rings. The van der Waals surface area contributed by atoms with Crippen LogP contribution in [-0.4, -0.2) is 27.0 Å². The quantitative estimate of drug-likeness (QED) is 0.512. The van der Waals surface area contributed by atoms with E-state index in [1.165, 1.54) is 18.2 Å². The van der Waals surface area contributed by atoms with Gasteiger partial charge in [-0.1, -0.05) is 19.1 Å². The smallest absolute Gasteiger partial charge is 0.336 e. The summed E-state index contributed by atoms with van der Waals surface area (Å²) in [5.74, 6) is 0.121. The molecule has 0 radical (unpaired) electrons. The zero-order valence-electron chi connectivity index (χ0n) is 17.3. The van der Waals surface area contributed by atoms with Crippen LogP contribution in [0.4, 0.5) is 0 Å². The molecule has 8 nitrogen and oxygen atoms in total. The molecule has 0 aliphatic carbocycles. The van der Waals surface area contributed by atoms with Gasteiger partial charge in [0.05, 0.1) is 4.90 Å². The minimum Gasteiger partial charge on any atom is -0.481 e. The molecule has 164 valence electrons. The first kappa shape index (κ1) is 22.5. The molecule has 0 saturated carbocycles. The molecule has 0 aliphatic rings. The lowest BCUT2D eigenvalue weighted by Crippen LogP contribution is -2.37. The molecule has 3 rings (SSSR count). The predicted octanol–water partition coefficient (Wildman–Crippen LogP) is 2.13. The molecule has 0 bridgehead atoms. The lowest BCUT2D eigenvalue weighted by molar-refractivity contribution is -0.127. The van der Waals surface area contributed by atoms with E-state index in [0.29, 0.717) is 30.7 Å². The number of aryl methyl sites for hydroxylation is 1. The number of benzene rings is 2. The number of amides is 1. The van der Waals surface area contributed by atoms with Crippen molar-refractivity contribution in [1.82, 2.24) is 5.32 Å². The van der Waals surface area contributed by atoms with Crippen LogP contribution in [0.25, 0.3) is 11.0 Å². The summed E-state index contributed by atoms with van der Waals surface area (Å²) in [6.45, 7) is 3.94. The van der Waals surface area contributed by atoms with E-state index in [4.69, 9.17) is 14.3 Å². The largest absolute Gasteiger partial charge is 0.481 e. The molecule has 3 N–H and O–H groups in total. The van der Waals surface area contributed by atoms with Crippen molar-refractivity contribution >= 4 is 26.9 Å². The van der Waals surface area contributed by atoms with Crippen LogP contribution in [0.5, 0.6) is 5.75 Å². The third-order valence-corrected chi connectivity index (χ3v) is 5.76. The van der Waals surface area contributed by atoms with Gasteiger partial charge in [0.25, 0.3) is 5.91 Å². The summed E-state index contributed by atoms with van der Waals surface area (Å²) >= 11 is 0. The van der Waals surface area contributed by atoms with Crippen molar-refractivity contribution in [3.05, 3.63) is 70.1 Å². The second-order valence-electron chi connectivity index (χ2n) is 7.09. The first-order chi connectivity index (χ1) is 14.7. The van der Waals surface area contributed by atoms with Gasteiger partial charge in [-0.3, -0.25) is 4.79 Å². The minimum absolute atomic E-state index is 0.0413. The summed E-state index contributed by atoms with van der Waals surface area (Å²) in [5.41, 5.74) is 1.74. The molecule has 1 atom stereocenters. The van der Waals surface area contributed by atoms with Crippen LogP contribution in [0.3, 0.4) is 0 Å². The van der Waals surface area contributed by atoms with E-state index in [-0.39, 0.29) is 10.8 Å². The van der Waals surface area contributed by atoms with Gasteiger partial charge in [0.1, 0.15) is 11.3 Å². The van der Waals surface area contributed by atoms with Gasteiger partial charge in [0, 0.05) is 24.1 Å². The van der Waals surface area contributed by atoms with Crippen molar-refractivity contribution in [2.45, 2.75) is 37.7 Å². The Bertz CT molecular complexity index is 1250. The summed E-state index contributed by atoms with van der Waals surface area (Å²) in [6, 6.07) is 12.8. The van der Waals surface area contributed by atoms with Gasteiger partial charge >= 0.3 is 5.63 Å². The van der Waals surface area contributed by atoms with Crippen molar-refractivity contribution in [3.8, 4) is 5.75 Å². The van der Waals surface area contributed by atoms with Gasteiger partial charge in [0.15, 0.2) is 6.10 Å². The highest BCUT2D eigenvalue weighted by Crippen LogP contribution is 2.23. The number of nitrogens with two attached hydrogens (primary N) is 1. The fraction of sp³-hybridized carbons (Fsp3) is 0.273. The van der Waals surface area contributed by atoms with Crippen molar-refractivity contribution in [1.29, 1.82) is 0 Å². The second kappa shape index (κ2) is 9.32. The van der Waals surface area contributed by atoms with E-state index in [1.807, 2.05) is 13.0 Å².